The van der Waals surface area contributed by atoms with E-state index in [-0.39, 0.29) is 67.6 Å². The summed E-state index contributed by atoms with van der Waals surface area (Å²) in [7, 11) is 0. The normalized spacial score (nSPS) is 7.50. The van der Waals surface area contributed by atoms with E-state index in [2.05, 4.69) is 0 Å². The summed E-state index contributed by atoms with van der Waals surface area (Å²) in [5.74, 6) is -16.0. The Morgan fingerprint density at radius 2 is 0.375 bits per heavy atom. The number of carbonyl (C=O) groups is 6. The van der Waals surface area contributed by atoms with E-state index in [1.807, 2.05) is 0 Å². The van der Waals surface area contributed by atoms with E-state index in [9.17, 15) is 59.4 Å². The Labute approximate surface area is 196 Å². The Balaban J connectivity index is -0.000000120. The minimum Gasteiger partial charge on any atom is -0.545 e. The SMILES string of the molecule is O.O.O.O.O.O.O=C([O-])c1c(C(=O)[O-])c(C(=O)[O-])c(C(=O)[O-])c(C(=O)[O-])c1C(=O)[O-].[Al+3].[Al+3]. The zero-order valence-corrected chi connectivity index (χ0v) is 17.4. The summed E-state index contributed by atoms with van der Waals surface area (Å²) in [6.07, 6.45) is 0. The average molecular weight is 498 g/mol. The van der Waals surface area contributed by atoms with Crippen LogP contribution in [0.4, 0.5) is 0 Å². The molecule has 0 saturated carbocycles. The Morgan fingerprint density at radius 3 is 0.406 bits per heavy atom. The van der Waals surface area contributed by atoms with Gasteiger partial charge in [0.15, 0.2) is 0 Å². The van der Waals surface area contributed by atoms with Gasteiger partial charge in [-0.05, 0) is 0 Å². The van der Waals surface area contributed by atoms with Crippen molar-refractivity contribution in [1.29, 1.82) is 0 Å². The van der Waals surface area contributed by atoms with Gasteiger partial charge in [-0.2, -0.15) is 0 Å². The van der Waals surface area contributed by atoms with E-state index in [4.69, 9.17) is 0 Å². The first-order valence-electron chi connectivity index (χ1n) is 5.45. The largest absolute Gasteiger partial charge is 3.00 e. The molecule has 20 heteroatoms. The van der Waals surface area contributed by atoms with Crippen LogP contribution in [-0.4, -0.2) is 103 Å². The van der Waals surface area contributed by atoms with E-state index in [0.717, 1.165) is 0 Å². The van der Waals surface area contributed by atoms with Crippen molar-refractivity contribution in [1.82, 2.24) is 0 Å². The van der Waals surface area contributed by atoms with Crippen molar-refractivity contribution in [3.05, 3.63) is 33.4 Å². The zero-order chi connectivity index (χ0) is 18.9. The van der Waals surface area contributed by atoms with Gasteiger partial charge in [-0.25, -0.2) is 0 Å². The van der Waals surface area contributed by atoms with Gasteiger partial charge in [-0.3, -0.25) is 0 Å². The molecule has 18 nitrogen and oxygen atoms in total. The predicted molar refractivity (Wildman–Crippen MR) is 85.6 cm³/mol. The van der Waals surface area contributed by atoms with Gasteiger partial charge in [0.2, 0.25) is 0 Å². The van der Waals surface area contributed by atoms with Crippen LogP contribution in [0.15, 0.2) is 0 Å². The second kappa shape index (κ2) is 18.6. The number of carboxylic acids is 6. The maximum Gasteiger partial charge on any atom is 3.00 e. The Kier molecular flexibility index (Phi) is 30.0. The monoisotopic (exact) mass is 498 g/mol. The number of benzene rings is 1. The Bertz CT molecular complexity index is 649. The van der Waals surface area contributed by atoms with E-state index >= 15 is 0 Å². The van der Waals surface area contributed by atoms with Crippen molar-refractivity contribution in [2.45, 2.75) is 0 Å². The van der Waals surface area contributed by atoms with Gasteiger partial charge >= 0.3 is 34.7 Å². The molecule has 12 N–H and O–H groups in total. The fourth-order valence-electron chi connectivity index (χ4n) is 1.97. The average Bonchev–Trinajstić information content (AvgIpc) is 2.42. The van der Waals surface area contributed by atoms with Crippen molar-refractivity contribution < 1.29 is 92.3 Å². The molecule has 0 radical (unpaired) electrons. The van der Waals surface area contributed by atoms with Crippen LogP contribution in [0.3, 0.4) is 0 Å². The summed E-state index contributed by atoms with van der Waals surface area (Å²) in [5, 5.41) is 66.0. The number of carboxylic acid groups (broad SMARTS) is 6. The quantitative estimate of drug-likeness (QED) is 0.330. The van der Waals surface area contributed by atoms with Crippen LogP contribution in [0.5, 0.6) is 0 Å². The van der Waals surface area contributed by atoms with Crippen molar-refractivity contribution in [3.63, 3.8) is 0 Å². The summed E-state index contributed by atoms with van der Waals surface area (Å²) in [5.41, 5.74) is -12.0. The molecule has 174 valence electrons. The molecular weight excluding hydrogens is 486 g/mol. The number of aromatic carboxylic acids is 6. The van der Waals surface area contributed by atoms with Gasteiger partial charge in [0.1, 0.15) is 0 Å². The third-order valence-electron chi connectivity index (χ3n) is 2.72. The Morgan fingerprint density at radius 1 is 0.312 bits per heavy atom. The fraction of sp³-hybridized carbons (Fsp3) is 0. The van der Waals surface area contributed by atoms with Gasteiger partial charge in [-0.1, -0.05) is 0 Å². The maximum atomic E-state index is 11.0. The second-order valence-electron chi connectivity index (χ2n) is 3.97. The summed E-state index contributed by atoms with van der Waals surface area (Å²) in [4.78, 5) is 66.0. The third kappa shape index (κ3) is 8.93. The molecule has 0 aromatic heterocycles. The minimum atomic E-state index is -2.66. The van der Waals surface area contributed by atoms with Gasteiger partial charge in [0.05, 0.1) is 35.8 Å². The summed E-state index contributed by atoms with van der Waals surface area (Å²) in [6, 6.07) is 0. The molecule has 1 aromatic rings. The van der Waals surface area contributed by atoms with Crippen molar-refractivity contribution in [2.75, 3.05) is 0 Å². The van der Waals surface area contributed by atoms with Crippen LogP contribution in [0, 0.1) is 0 Å². The van der Waals surface area contributed by atoms with Gasteiger partial charge < -0.3 is 92.3 Å². The number of carbonyl (C=O) groups excluding carboxylic acids is 6. The van der Waals surface area contributed by atoms with E-state index in [1.165, 1.54) is 0 Å². The first kappa shape index (κ1) is 51.5. The summed E-state index contributed by atoms with van der Waals surface area (Å²) in [6.45, 7) is 0. The van der Waals surface area contributed by atoms with Crippen LogP contribution in [-0.2, 0) is 0 Å². The van der Waals surface area contributed by atoms with Gasteiger partial charge in [0.25, 0.3) is 0 Å². The number of hydrogen-bond acceptors (Lipinski definition) is 12. The molecule has 32 heavy (non-hydrogen) atoms. The predicted octanol–water partition coefficient (Wildman–Crippen LogP) is -13.8. The van der Waals surface area contributed by atoms with Crippen LogP contribution < -0.4 is 30.6 Å². The maximum absolute atomic E-state index is 11.0. The minimum absolute atomic E-state index is 0. The van der Waals surface area contributed by atoms with Gasteiger partial charge in [-0.15, -0.1) is 0 Å². The topological polar surface area (TPSA) is 430 Å². The molecule has 1 aromatic carbocycles. The molecule has 0 spiro atoms. The molecule has 0 aliphatic heterocycles. The number of rotatable bonds is 6. The van der Waals surface area contributed by atoms with Crippen molar-refractivity contribution in [3.8, 4) is 0 Å². The molecule has 0 unspecified atom stereocenters. The fourth-order valence-corrected chi connectivity index (χ4v) is 1.97. The summed E-state index contributed by atoms with van der Waals surface area (Å²) < 4.78 is 0. The Hall–Kier alpha value is -3.14. The van der Waals surface area contributed by atoms with Crippen LogP contribution >= 0.6 is 0 Å². The molecule has 0 atom stereocenters. The first-order valence-corrected chi connectivity index (χ1v) is 5.45. The molecule has 1 rings (SSSR count). The smallest absolute Gasteiger partial charge is 0.545 e. The van der Waals surface area contributed by atoms with E-state index in [0.29, 0.717) is 0 Å². The third-order valence-corrected chi connectivity index (χ3v) is 2.72. The van der Waals surface area contributed by atoms with Crippen LogP contribution in [0.2, 0.25) is 0 Å². The molecule has 0 aliphatic rings. The standard InChI is InChI=1S/C12H6O12.2Al.6H2O/c13-7(14)1-2(8(15)16)4(10(19)20)6(12(23)24)5(11(21)22)3(1)9(17)18;;;;;;;;/h(H,13,14)(H,15,16)(H,17,18)(H,19,20)(H,21,22)(H,23,24);;;6*1H2/q;2*+3;;;;;;/p-6. The number of hydrogen-bond donors (Lipinski definition) is 0. The molecule has 0 aliphatic carbocycles. The molecule has 0 saturated heterocycles. The summed E-state index contributed by atoms with van der Waals surface area (Å²) >= 11 is 0. The van der Waals surface area contributed by atoms with Crippen LogP contribution in [0.25, 0.3) is 0 Å². The molecular formula is C12H12Al2O18. The molecule has 0 heterocycles. The van der Waals surface area contributed by atoms with Crippen molar-refractivity contribution >= 4 is 70.5 Å². The molecule has 0 bridgehead atoms. The first-order chi connectivity index (χ1) is 10.9. The van der Waals surface area contributed by atoms with E-state index in [1.54, 1.807) is 0 Å². The van der Waals surface area contributed by atoms with E-state index < -0.39 is 69.2 Å². The van der Waals surface area contributed by atoms with Gasteiger partial charge in [0, 0.05) is 33.4 Å². The van der Waals surface area contributed by atoms with Crippen LogP contribution in [0.1, 0.15) is 62.1 Å². The zero-order valence-electron chi connectivity index (χ0n) is 15.1. The molecule has 0 amide bonds. The second-order valence-corrected chi connectivity index (χ2v) is 3.97. The van der Waals surface area contributed by atoms with Crippen molar-refractivity contribution in [2.24, 2.45) is 0 Å². The molecule has 0 fully saturated rings.